The van der Waals surface area contributed by atoms with Gasteiger partial charge in [0.2, 0.25) is 0 Å². The fraction of sp³-hybridized carbons (Fsp3) is 0.500. The van der Waals surface area contributed by atoms with Gasteiger partial charge in [-0.3, -0.25) is 4.90 Å². The molecule has 0 saturated carbocycles. The highest BCUT2D eigenvalue weighted by Crippen LogP contribution is 2.36. The van der Waals surface area contributed by atoms with E-state index >= 15 is 0 Å². The molecular formula is C16H21F2NO4. The van der Waals surface area contributed by atoms with Crippen molar-refractivity contribution in [1.82, 2.24) is 4.90 Å². The highest BCUT2D eigenvalue weighted by Gasteiger charge is 2.41. The normalized spacial score (nSPS) is 13.9. The first-order chi connectivity index (χ1) is 10.5. The van der Waals surface area contributed by atoms with Crippen LogP contribution in [0, 0.1) is 11.6 Å². The van der Waals surface area contributed by atoms with Gasteiger partial charge in [-0.05, 0) is 27.7 Å². The van der Waals surface area contributed by atoms with Gasteiger partial charge in [0.1, 0.15) is 34.8 Å². The van der Waals surface area contributed by atoms with Gasteiger partial charge in [0, 0.05) is 19.2 Å². The smallest absolute Gasteiger partial charge is 0.411 e. The molecule has 1 aromatic rings. The summed E-state index contributed by atoms with van der Waals surface area (Å²) in [6.07, 6.45) is -0.437. The number of rotatable bonds is 4. The maximum absolute atomic E-state index is 14.3. The fourth-order valence-corrected chi connectivity index (χ4v) is 2.03. The van der Waals surface area contributed by atoms with Crippen LogP contribution in [0.1, 0.15) is 33.3 Å². The first-order valence-corrected chi connectivity index (χ1v) is 6.93. The van der Waals surface area contributed by atoms with Crippen LogP contribution in [-0.2, 0) is 15.1 Å². The Hall–Kier alpha value is -2.18. The van der Waals surface area contributed by atoms with E-state index in [0.717, 1.165) is 11.0 Å². The Morgan fingerprint density at radius 3 is 2.22 bits per heavy atom. The summed E-state index contributed by atoms with van der Waals surface area (Å²) in [6, 6.07) is 1.58. The summed E-state index contributed by atoms with van der Waals surface area (Å²) in [4.78, 5) is 24.9. The van der Waals surface area contributed by atoms with Crippen molar-refractivity contribution in [3.8, 4) is 5.75 Å². The molecule has 0 spiro atoms. The Morgan fingerprint density at radius 1 is 1.22 bits per heavy atom. The minimum atomic E-state index is -1.73. The Kier molecular flexibility index (Phi) is 5.35. The molecule has 0 aliphatic carbocycles. The van der Waals surface area contributed by atoms with E-state index in [0.29, 0.717) is 12.4 Å². The van der Waals surface area contributed by atoms with Crippen molar-refractivity contribution < 1.29 is 27.8 Å². The van der Waals surface area contributed by atoms with Crippen LogP contribution in [0.15, 0.2) is 12.1 Å². The number of ether oxygens (including phenoxy) is 2. The van der Waals surface area contributed by atoms with Gasteiger partial charge in [0.15, 0.2) is 0 Å². The second-order valence-corrected chi connectivity index (χ2v) is 6.27. The lowest BCUT2D eigenvalue weighted by Gasteiger charge is -2.36. The molecule has 1 amide bonds. The van der Waals surface area contributed by atoms with Crippen LogP contribution in [0.2, 0.25) is 0 Å². The number of methoxy groups -OCH3 is 1. The molecule has 0 bridgehead atoms. The van der Waals surface area contributed by atoms with Crippen LogP contribution in [0.4, 0.5) is 13.6 Å². The summed E-state index contributed by atoms with van der Waals surface area (Å²) in [7, 11) is 2.52. The van der Waals surface area contributed by atoms with Gasteiger partial charge in [-0.25, -0.2) is 13.6 Å². The van der Waals surface area contributed by atoms with Gasteiger partial charge in [-0.1, -0.05) is 0 Å². The number of hydrogen-bond donors (Lipinski definition) is 0. The van der Waals surface area contributed by atoms with Crippen LogP contribution < -0.4 is 4.74 Å². The topological polar surface area (TPSA) is 55.8 Å². The van der Waals surface area contributed by atoms with Crippen LogP contribution in [0.25, 0.3) is 0 Å². The van der Waals surface area contributed by atoms with Crippen molar-refractivity contribution >= 4 is 12.4 Å². The van der Waals surface area contributed by atoms with Crippen molar-refractivity contribution in [2.75, 3.05) is 14.2 Å². The maximum Gasteiger partial charge on any atom is 0.411 e. The summed E-state index contributed by atoms with van der Waals surface area (Å²) in [5, 5.41) is 0. The van der Waals surface area contributed by atoms with Gasteiger partial charge < -0.3 is 14.3 Å². The molecule has 7 heteroatoms. The van der Waals surface area contributed by atoms with Crippen LogP contribution in [0.3, 0.4) is 0 Å². The first kappa shape index (κ1) is 18.9. The molecule has 0 N–H and O–H groups in total. The molecule has 0 heterocycles. The van der Waals surface area contributed by atoms with E-state index in [1.165, 1.54) is 21.1 Å². The third kappa shape index (κ3) is 3.97. The van der Waals surface area contributed by atoms with Gasteiger partial charge in [-0.15, -0.1) is 0 Å². The number of hydrogen-bond acceptors (Lipinski definition) is 4. The van der Waals surface area contributed by atoms with Crippen LogP contribution in [-0.4, -0.2) is 37.0 Å². The Bertz CT molecular complexity index is 613. The standard InChI is InChI=1S/C16H21F2NO4/c1-15(2,3)23-14(21)19(5)16(4,9-20)13-11(18)7-10(17)8-12(13)22-6/h7-9H,1-6H3. The molecule has 23 heavy (non-hydrogen) atoms. The number of likely N-dealkylation sites (N-methyl/N-ethyl adjacent to an activating group) is 1. The summed E-state index contributed by atoms with van der Waals surface area (Å²) >= 11 is 0. The molecule has 0 saturated heterocycles. The predicted octanol–water partition coefficient (Wildman–Crippen LogP) is 3.25. The quantitative estimate of drug-likeness (QED) is 0.796. The molecule has 5 nitrogen and oxygen atoms in total. The molecule has 1 aromatic carbocycles. The molecule has 1 unspecified atom stereocenters. The van der Waals surface area contributed by atoms with E-state index < -0.39 is 28.9 Å². The van der Waals surface area contributed by atoms with Gasteiger partial charge in [-0.2, -0.15) is 0 Å². The lowest BCUT2D eigenvalue weighted by molar-refractivity contribution is -0.117. The molecule has 0 aromatic heterocycles. The molecular weight excluding hydrogens is 308 g/mol. The zero-order valence-corrected chi connectivity index (χ0v) is 14.1. The van der Waals surface area contributed by atoms with E-state index in [-0.39, 0.29) is 11.3 Å². The molecule has 0 fully saturated rings. The molecule has 1 atom stereocenters. The Labute approximate surface area is 134 Å². The van der Waals surface area contributed by atoms with Crippen molar-refractivity contribution in [3.05, 3.63) is 29.3 Å². The first-order valence-electron chi connectivity index (χ1n) is 6.93. The van der Waals surface area contributed by atoms with Gasteiger partial charge in [0.05, 0.1) is 12.7 Å². The summed E-state index contributed by atoms with van der Waals surface area (Å²) < 4.78 is 37.8. The third-order valence-electron chi connectivity index (χ3n) is 3.34. The second-order valence-electron chi connectivity index (χ2n) is 6.27. The highest BCUT2D eigenvalue weighted by atomic mass is 19.1. The number of aldehydes is 1. The summed E-state index contributed by atoms with van der Waals surface area (Å²) in [5.74, 6) is -2.02. The van der Waals surface area contributed by atoms with Crippen molar-refractivity contribution in [2.24, 2.45) is 0 Å². The van der Waals surface area contributed by atoms with E-state index in [9.17, 15) is 18.4 Å². The number of benzene rings is 1. The second kappa shape index (κ2) is 6.52. The molecule has 128 valence electrons. The lowest BCUT2D eigenvalue weighted by atomic mass is 9.90. The number of halogens is 2. The number of carbonyl (C=O) groups is 2. The molecule has 0 aliphatic rings. The monoisotopic (exact) mass is 329 g/mol. The van der Waals surface area contributed by atoms with E-state index in [2.05, 4.69) is 0 Å². The maximum atomic E-state index is 14.3. The summed E-state index contributed by atoms with van der Waals surface area (Å²) in [5.41, 5.74) is -2.77. The third-order valence-corrected chi connectivity index (χ3v) is 3.34. The largest absolute Gasteiger partial charge is 0.496 e. The minimum absolute atomic E-state index is 0.174. The molecule has 0 radical (unpaired) electrons. The van der Waals surface area contributed by atoms with Gasteiger partial charge >= 0.3 is 6.09 Å². The predicted molar refractivity (Wildman–Crippen MR) is 80.3 cm³/mol. The minimum Gasteiger partial charge on any atom is -0.496 e. The number of nitrogens with zero attached hydrogens (tertiary/aromatic N) is 1. The van der Waals surface area contributed by atoms with E-state index in [4.69, 9.17) is 9.47 Å². The van der Waals surface area contributed by atoms with Crippen LogP contribution in [0.5, 0.6) is 5.75 Å². The van der Waals surface area contributed by atoms with E-state index in [1.54, 1.807) is 20.8 Å². The van der Waals surface area contributed by atoms with Crippen molar-refractivity contribution in [3.63, 3.8) is 0 Å². The SMILES string of the molecule is COc1cc(F)cc(F)c1C(C)(C=O)N(C)C(=O)OC(C)(C)C. The zero-order valence-electron chi connectivity index (χ0n) is 14.1. The molecule has 0 aliphatic heterocycles. The highest BCUT2D eigenvalue weighted by molar-refractivity contribution is 5.79. The van der Waals surface area contributed by atoms with E-state index in [1.807, 2.05) is 0 Å². The Balaban J connectivity index is 3.40. The van der Waals surface area contributed by atoms with Gasteiger partial charge in [0.25, 0.3) is 0 Å². The fourth-order valence-electron chi connectivity index (χ4n) is 2.03. The average Bonchev–Trinajstić information content (AvgIpc) is 2.42. The average molecular weight is 329 g/mol. The Morgan fingerprint density at radius 2 is 1.78 bits per heavy atom. The van der Waals surface area contributed by atoms with Crippen LogP contribution >= 0.6 is 0 Å². The van der Waals surface area contributed by atoms with Crippen molar-refractivity contribution in [1.29, 1.82) is 0 Å². The zero-order chi connectivity index (χ0) is 18.0. The lowest BCUT2D eigenvalue weighted by Crippen LogP contribution is -2.48. The number of carbonyl (C=O) groups excluding carboxylic acids is 2. The summed E-state index contributed by atoms with van der Waals surface area (Å²) in [6.45, 7) is 6.31. The van der Waals surface area contributed by atoms with Crippen molar-refractivity contribution in [2.45, 2.75) is 38.8 Å². The molecule has 1 rings (SSSR count). The number of amides is 1.